The highest BCUT2D eigenvalue weighted by molar-refractivity contribution is 6.01. The summed E-state index contributed by atoms with van der Waals surface area (Å²) in [6.07, 6.45) is 4.39. The molecule has 0 amide bonds. The van der Waals surface area contributed by atoms with Crippen molar-refractivity contribution in [1.82, 2.24) is 19.1 Å². The molecule has 32 heavy (non-hydrogen) atoms. The van der Waals surface area contributed by atoms with Gasteiger partial charge in [-0.3, -0.25) is 23.5 Å². The van der Waals surface area contributed by atoms with Gasteiger partial charge in [-0.2, -0.15) is 0 Å². The molecule has 3 heterocycles. The first kappa shape index (κ1) is 23.2. The first-order valence-electron chi connectivity index (χ1n) is 10.5. The number of ether oxygens (including phenoxy) is 1. The van der Waals surface area contributed by atoms with E-state index in [1.165, 1.54) is 11.6 Å². The molecule has 0 radical (unpaired) electrons. The lowest BCUT2D eigenvalue weighted by Gasteiger charge is -2.30. The zero-order chi connectivity index (χ0) is 23.4. The summed E-state index contributed by atoms with van der Waals surface area (Å²) in [5.74, 6) is -1.12. The number of rotatable bonds is 7. The number of piperidine rings is 1. The van der Waals surface area contributed by atoms with E-state index in [9.17, 15) is 19.2 Å². The molecule has 0 spiro atoms. The molecule has 0 saturated carbocycles. The molecule has 172 valence electrons. The topological polar surface area (TPSA) is 142 Å². The normalized spacial score (nSPS) is 14.6. The molecule has 2 N–H and O–H groups in total. The van der Waals surface area contributed by atoms with Crippen LogP contribution < -0.4 is 21.9 Å². The summed E-state index contributed by atoms with van der Waals surface area (Å²) in [6, 6.07) is 1.74. The molecule has 1 saturated heterocycles. The zero-order valence-electron chi connectivity index (χ0n) is 18.5. The van der Waals surface area contributed by atoms with Crippen molar-refractivity contribution in [3.63, 3.8) is 0 Å². The summed E-state index contributed by atoms with van der Waals surface area (Å²) in [7, 11) is 1.29. The van der Waals surface area contributed by atoms with Gasteiger partial charge in [0.15, 0.2) is 6.61 Å². The van der Waals surface area contributed by atoms with Crippen LogP contribution in [0.1, 0.15) is 37.0 Å². The number of nitrogens with two attached hydrogens (primary N) is 1. The van der Waals surface area contributed by atoms with Crippen LogP contribution in [-0.2, 0) is 23.1 Å². The fourth-order valence-corrected chi connectivity index (χ4v) is 3.68. The molecule has 2 aromatic rings. The molecule has 0 atom stereocenters. The summed E-state index contributed by atoms with van der Waals surface area (Å²) in [5.41, 5.74) is 4.26. The van der Waals surface area contributed by atoms with Crippen LogP contribution >= 0.6 is 0 Å². The summed E-state index contributed by atoms with van der Waals surface area (Å²) < 4.78 is 7.25. The zero-order valence-corrected chi connectivity index (χ0v) is 18.5. The molecule has 1 fully saturated rings. The van der Waals surface area contributed by atoms with Gasteiger partial charge in [-0.25, -0.2) is 14.8 Å². The second-order valence-electron chi connectivity index (χ2n) is 8.25. The Morgan fingerprint density at radius 1 is 1.19 bits per heavy atom. The van der Waals surface area contributed by atoms with Crippen LogP contribution in [0.5, 0.6) is 0 Å². The maximum atomic E-state index is 12.7. The van der Waals surface area contributed by atoms with Gasteiger partial charge in [0.1, 0.15) is 11.4 Å². The highest BCUT2D eigenvalue weighted by atomic mass is 16.5. The average molecular weight is 444 g/mol. The SMILES string of the molecule is CC(C)Cn1c(N)c(C(=O)COC(=O)C2CCN(c3ncccn3)CC2)c(=O)n(C)c1=O. The van der Waals surface area contributed by atoms with Crippen molar-refractivity contribution < 1.29 is 14.3 Å². The van der Waals surface area contributed by atoms with E-state index in [-0.39, 0.29) is 29.8 Å². The number of hydrogen-bond acceptors (Lipinski definition) is 9. The van der Waals surface area contributed by atoms with Crippen LogP contribution in [0, 0.1) is 11.8 Å². The van der Waals surface area contributed by atoms with E-state index >= 15 is 0 Å². The number of nitrogen functional groups attached to an aromatic ring is 1. The fraction of sp³-hybridized carbons (Fsp3) is 0.524. The Hall–Kier alpha value is -3.50. The van der Waals surface area contributed by atoms with Crippen molar-refractivity contribution in [3.8, 4) is 0 Å². The van der Waals surface area contributed by atoms with Gasteiger partial charge in [0, 0.05) is 39.1 Å². The molecule has 2 aromatic heterocycles. The maximum absolute atomic E-state index is 12.7. The predicted octanol–water partition coefficient (Wildman–Crippen LogP) is 0.218. The van der Waals surface area contributed by atoms with Crippen LogP contribution in [0.4, 0.5) is 11.8 Å². The standard InChI is InChI=1S/C21H28N6O5/c1-13(2)11-27-17(22)16(18(29)25(3)21(27)31)15(28)12-32-19(30)14-5-9-26(10-6-14)20-23-7-4-8-24-20/h4,7-8,13-14H,5-6,9-12,22H2,1-3H3. The fourth-order valence-electron chi connectivity index (χ4n) is 3.68. The Morgan fingerprint density at radius 3 is 2.41 bits per heavy atom. The van der Waals surface area contributed by atoms with E-state index in [4.69, 9.17) is 10.5 Å². The lowest BCUT2D eigenvalue weighted by Crippen LogP contribution is -2.44. The van der Waals surface area contributed by atoms with E-state index < -0.39 is 29.6 Å². The molecule has 11 heteroatoms. The van der Waals surface area contributed by atoms with Gasteiger partial charge in [-0.15, -0.1) is 0 Å². The number of ketones is 1. The molecular formula is C21H28N6O5. The molecule has 0 bridgehead atoms. The molecule has 0 aliphatic carbocycles. The smallest absolute Gasteiger partial charge is 0.332 e. The third-order valence-corrected chi connectivity index (χ3v) is 5.42. The second kappa shape index (κ2) is 9.75. The summed E-state index contributed by atoms with van der Waals surface area (Å²) in [4.78, 5) is 60.4. The minimum absolute atomic E-state index is 0.0698. The number of anilines is 2. The Labute approximate surface area is 184 Å². The predicted molar refractivity (Wildman–Crippen MR) is 117 cm³/mol. The number of carbonyl (C=O) groups is 2. The van der Waals surface area contributed by atoms with Crippen molar-refractivity contribution in [2.75, 3.05) is 30.3 Å². The van der Waals surface area contributed by atoms with Crippen molar-refractivity contribution in [2.24, 2.45) is 18.9 Å². The summed E-state index contributed by atoms with van der Waals surface area (Å²) in [6.45, 7) is 4.59. The molecule has 3 rings (SSSR count). The third-order valence-electron chi connectivity index (χ3n) is 5.42. The van der Waals surface area contributed by atoms with Crippen LogP contribution in [0.2, 0.25) is 0 Å². The van der Waals surface area contributed by atoms with Crippen molar-refractivity contribution >= 4 is 23.5 Å². The Morgan fingerprint density at radius 2 is 1.81 bits per heavy atom. The number of carbonyl (C=O) groups excluding carboxylic acids is 2. The number of Topliss-reactive ketones (excluding diaryl/α,β-unsaturated/α-hetero) is 1. The van der Waals surface area contributed by atoms with Gasteiger partial charge in [-0.1, -0.05) is 13.8 Å². The number of nitrogens with zero attached hydrogens (tertiary/aromatic N) is 5. The number of esters is 1. The Kier molecular flexibility index (Phi) is 7.06. The quantitative estimate of drug-likeness (QED) is 0.468. The highest BCUT2D eigenvalue weighted by Gasteiger charge is 2.29. The van der Waals surface area contributed by atoms with Gasteiger partial charge in [0.2, 0.25) is 11.7 Å². The first-order chi connectivity index (χ1) is 15.2. The second-order valence-corrected chi connectivity index (χ2v) is 8.25. The highest BCUT2D eigenvalue weighted by Crippen LogP contribution is 2.21. The largest absolute Gasteiger partial charge is 0.457 e. The van der Waals surface area contributed by atoms with Crippen LogP contribution in [0.3, 0.4) is 0 Å². The van der Waals surface area contributed by atoms with Crippen molar-refractivity contribution in [3.05, 3.63) is 44.9 Å². The molecular weight excluding hydrogens is 416 g/mol. The van der Waals surface area contributed by atoms with E-state index in [1.807, 2.05) is 18.7 Å². The van der Waals surface area contributed by atoms with Gasteiger partial charge in [-0.05, 0) is 24.8 Å². The van der Waals surface area contributed by atoms with Gasteiger partial charge in [0.05, 0.1) is 5.92 Å². The van der Waals surface area contributed by atoms with Gasteiger partial charge < -0.3 is 15.4 Å². The van der Waals surface area contributed by atoms with Crippen molar-refractivity contribution in [2.45, 2.75) is 33.2 Å². The van der Waals surface area contributed by atoms with E-state index in [0.717, 1.165) is 4.57 Å². The molecule has 0 unspecified atom stereocenters. The summed E-state index contributed by atoms with van der Waals surface area (Å²) in [5, 5.41) is 0. The van der Waals surface area contributed by atoms with E-state index in [0.29, 0.717) is 31.9 Å². The lowest BCUT2D eigenvalue weighted by atomic mass is 9.97. The van der Waals surface area contributed by atoms with Crippen LogP contribution in [0.15, 0.2) is 28.0 Å². The molecule has 11 nitrogen and oxygen atoms in total. The minimum atomic E-state index is -0.801. The summed E-state index contributed by atoms with van der Waals surface area (Å²) >= 11 is 0. The molecule has 1 aliphatic rings. The van der Waals surface area contributed by atoms with E-state index in [1.54, 1.807) is 18.5 Å². The minimum Gasteiger partial charge on any atom is -0.457 e. The Balaban J connectivity index is 1.65. The lowest BCUT2D eigenvalue weighted by molar-refractivity contribution is -0.148. The van der Waals surface area contributed by atoms with Crippen molar-refractivity contribution in [1.29, 1.82) is 0 Å². The first-order valence-corrected chi connectivity index (χ1v) is 10.5. The average Bonchev–Trinajstić information content (AvgIpc) is 2.79. The molecule has 0 aromatic carbocycles. The monoisotopic (exact) mass is 444 g/mol. The maximum Gasteiger partial charge on any atom is 0.332 e. The third kappa shape index (κ3) is 4.87. The number of aromatic nitrogens is 4. The van der Waals surface area contributed by atoms with Gasteiger partial charge in [0.25, 0.3) is 5.56 Å². The Bertz CT molecular complexity index is 1100. The van der Waals surface area contributed by atoms with Gasteiger partial charge >= 0.3 is 11.7 Å². The van der Waals surface area contributed by atoms with E-state index in [2.05, 4.69) is 9.97 Å². The van der Waals surface area contributed by atoms with Crippen LogP contribution in [-0.4, -0.2) is 50.6 Å². The number of hydrogen-bond donors (Lipinski definition) is 1. The molecule has 1 aliphatic heterocycles. The van der Waals surface area contributed by atoms with Crippen LogP contribution in [0.25, 0.3) is 0 Å².